The van der Waals surface area contributed by atoms with E-state index in [0.717, 1.165) is 29.4 Å². The minimum absolute atomic E-state index is 0.0108. The number of rotatable bonds is 6. The normalized spacial score (nSPS) is 23.2. The van der Waals surface area contributed by atoms with Crippen molar-refractivity contribution in [3.63, 3.8) is 0 Å². The third-order valence-electron chi connectivity index (χ3n) is 7.84. The topological polar surface area (TPSA) is 27.7 Å². The predicted octanol–water partition coefficient (Wildman–Crippen LogP) is 5.69. The Morgan fingerprint density at radius 1 is 1.03 bits per heavy atom. The Labute approximate surface area is 177 Å². The Bertz CT molecular complexity index is 953. The largest absolute Gasteiger partial charge is 0.296 e. The van der Waals surface area contributed by atoms with Gasteiger partial charge in [-0.3, -0.25) is 4.48 Å². The quantitative estimate of drug-likeness (QED) is 0.459. The maximum absolute atomic E-state index is 9.54. The summed E-state index contributed by atoms with van der Waals surface area (Å²) < 4.78 is 3.37. The maximum Gasteiger partial charge on any atom is 0.219 e. The van der Waals surface area contributed by atoms with Gasteiger partial charge >= 0.3 is 0 Å². The first-order valence-corrected chi connectivity index (χ1v) is 11.1. The molecular weight excluding hydrogens is 354 g/mol. The lowest BCUT2D eigenvalue weighted by Crippen LogP contribution is -2.67. The SMILES string of the molecule is CCCC[N+](C)(C)c1cc[n+]2c(c1)-c1cc(C#N)ccc1C(C)(CC)C2(C)CC. The van der Waals surface area contributed by atoms with Crippen molar-refractivity contribution in [2.45, 2.75) is 71.3 Å². The lowest BCUT2D eigenvalue weighted by molar-refractivity contribution is -0.765. The van der Waals surface area contributed by atoms with Crippen LogP contribution in [0, 0.1) is 11.3 Å². The van der Waals surface area contributed by atoms with Crippen LogP contribution in [0.25, 0.3) is 11.3 Å². The summed E-state index contributed by atoms with van der Waals surface area (Å²) in [6, 6.07) is 13.3. The molecule has 0 amide bonds. The molecule has 0 bridgehead atoms. The molecule has 3 heteroatoms. The molecule has 0 N–H and O–H groups in total. The molecular formula is C26H37N3+2. The molecule has 1 aliphatic heterocycles. The van der Waals surface area contributed by atoms with Crippen LogP contribution in [0.1, 0.15) is 71.4 Å². The van der Waals surface area contributed by atoms with Crippen LogP contribution in [0.4, 0.5) is 5.69 Å². The van der Waals surface area contributed by atoms with Gasteiger partial charge in [-0.1, -0.05) is 33.3 Å². The van der Waals surface area contributed by atoms with Gasteiger partial charge in [0.15, 0.2) is 11.7 Å². The third kappa shape index (κ3) is 3.19. The summed E-state index contributed by atoms with van der Waals surface area (Å²) in [6.07, 6.45) is 6.84. The molecule has 2 heterocycles. The van der Waals surface area contributed by atoms with Crippen molar-refractivity contribution in [3.05, 3.63) is 47.7 Å². The van der Waals surface area contributed by atoms with Crippen molar-refractivity contribution in [1.82, 2.24) is 4.48 Å². The van der Waals surface area contributed by atoms with Crippen molar-refractivity contribution in [3.8, 4) is 17.3 Å². The van der Waals surface area contributed by atoms with Gasteiger partial charge in [-0.2, -0.15) is 9.83 Å². The van der Waals surface area contributed by atoms with E-state index in [1.54, 1.807) is 0 Å². The van der Waals surface area contributed by atoms with Gasteiger partial charge in [0.2, 0.25) is 5.69 Å². The fourth-order valence-corrected chi connectivity index (χ4v) is 5.18. The molecule has 0 aliphatic carbocycles. The molecule has 2 aromatic rings. The summed E-state index contributed by atoms with van der Waals surface area (Å²) in [5.41, 5.74) is 5.90. The van der Waals surface area contributed by atoms with Crippen LogP contribution in [-0.2, 0) is 11.0 Å². The lowest BCUT2D eigenvalue weighted by Gasteiger charge is -2.46. The van der Waals surface area contributed by atoms with Gasteiger partial charge in [-0.25, -0.2) is 0 Å². The summed E-state index contributed by atoms with van der Waals surface area (Å²) in [5, 5.41) is 9.54. The van der Waals surface area contributed by atoms with Crippen molar-refractivity contribution in [1.29, 1.82) is 5.26 Å². The van der Waals surface area contributed by atoms with Crippen molar-refractivity contribution >= 4 is 5.69 Å². The molecule has 1 aromatic heterocycles. The van der Waals surface area contributed by atoms with Gasteiger partial charge in [0.25, 0.3) is 0 Å². The van der Waals surface area contributed by atoms with Crippen molar-refractivity contribution < 1.29 is 4.57 Å². The Morgan fingerprint density at radius 2 is 1.76 bits per heavy atom. The Morgan fingerprint density at radius 3 is 2.34 bits per heavy atom. The molecule has 0 saturated carbocycles. The molecule has 3 nitrogen and oxygen atoms in total. The zero-order valence-corrected chi connectivity index (χ0v) is 19.3. The maximum atomic E-state index is 9.54. The number of nitrogens with zero attached hydrogens (tertiary/aromatic N) is 3. The molecule has 3 rings (SSSR count). The smallest absolute Gasteiger partial charge is 0.219 e. The monoisotopic (exact) mass is 391 g/mol. The summed E-state index contributed by atoms with van der Waals surface area (Å²) >= 11 is 0. The number of benzene rings is 1. The van der Waals surface area contributed by atoms with Gasteiger partial charge < -0.3 is 0 Å². The second-order valence-electron chi connectivity index (χ2n) is 9.59. The summed E-state index contributed by atoms with van der Waals surface area (Å²) in [4.78, 5) is 0. The van der Waals surface area contributed by atoms with Crippen LogP contribution < -0.4 is 9.05 Å². The van der Waals surface area contributed by atoms with Crippen LogP contribution in [0.3, 0.4) is 0 Å². The van der Waals surface area contributed by atoms with Crippen LogP contribution in [-0.4, -0.2) is 20.6 Å². The van der Waals surface area contributed by atoms with Gasteiger partial charge in [0, 0.05) is 13.3 Å². The van der Waals surface area contributed by atoms with Gasteiger partial charge in [-0.15, -0.1) is 0 Å². The van der Waals surface area contributed by atoms with Crippen molar-refractivity contribution in [2.24, 2.45) is 0 Å². The van der Waals surface area contributed by atoms with E-state index in [0.29, 0.717) is 0 Å². The average Bonchev–Trinajstić information content (AvgIpc) is 2.75. The summed E-state index contributed by atoms with van der Waals surface area (Å²) in [7, 11) is 4.60. The minimum atomic E-state index is -0.0165. The van der Waals surface area contributed by atoms with Crippen LogP contribution >= 0.6 is 0 Å². The fourth-order valence-electron chi connectivity index (χ4n) is 5.18. The Kier molecular flexibility index (Phi) is 5.62. The van der Waals surface area contributed by atoms with E-state index in [-0.39, 0.29) is 11.0 Å². The van der Waals surface area contributed by atoms with Gasteiger partial charge in [-0.05, 0) is 37.5 Å². The van der Waals surface area contributed by atoms with Gasteiger partial charge in [0.1, 0.15) is 5.69 Å². The highest BCUT2D eigenvalue weighted by Gasteiger charge is 2.56. The van der Waals surface area contributed by atoms with Crippen LogP contribution in [0.5, 0.6) is 0 Å². The van der Waals surface area contributed by atoms with E-state index in [2.05, 4.69) is 89.8 Å². The number of nitriles is 1. The standard InChI is InChI=1S/C26H37N3/c1-8-11-16-29(6,7)21-14-15-28-24(18-21)22-17-20(19-27)12-13-23(22)25(4,9-2)26(28,5)10-3/h12-15,17-18H,8-11,16H2,1-7H3/q+2. The molecule has 2 atom stereocenters. The fraction of sp³-hybridized carbons (Fsp3) is 0.538. The van der Waals surface area contributed by atoms with E-state index >= 15 is 0 Å². The Hall–Kier alpha value is -2.18. The number of pyridine rings is 1. The molecule has 0 radical (unpaired) electrons. The highest BCUT2D eigenvalue weighted by molar-refractivity contribution is 5.69. The highest BCUT2D eigenvalue weighted by atomic mass is 15.3. The van der Waals surface area contributed by atoms with Crippen LogP contribution in [0.15, 0.2) is 36.5 Å². The third-order valence-corrected chi connectivity index (χ3v) is 7.84. The molecule has 0 spiro atoms. The highest BCUT2D eigenvalue weighted by Crippen LogP contribution is 2.50. The van der Waals surface area contributed by atoms with Gasteiger partial charge in [0.05, 0.1) is 55.4 Å². The first-order valence-electron chi connectivity index (χ1n) is 11.1. The summed E-state index contributed by atoms with van der Waals surface area (Å²) in [5.74, 6) is 0. The number of hydrogen-bond donors (Lipinski definition) is 0. The minimum Gasteiger partial charge on any atom is -0.296 e. The molecule has 29 heavy (non-hydrogen) atoms. The number of quaternary nitrogens is 1. The number of aromatic nitrogens is 1. The molecule has 1 aliphatic rings. The zero-order chi connectivity index (χ0) is 21.4. The molecule has 1 aromatic carbocycles. The Balaban J connectivity index is 2.31. The molecule has 2 unspecified atom stereocenters. The second-order valence-corrected chi connectivity index (χ2v) is 9.59. The van der Waals surface area contributed by atoms with E-state index in [4.69, 9.17) is 0 Å². The van der Waals surface area contributed by atoms with E-state index in [9.17, 15) is 5.26 Å². The number of unbranched alkanes of at least 4 members (excludes halogenated alkanes) is 1. The number of fused-ring (bicyclic) bond motifs is 3. The van der Waals surface area contributed by atoms with Crippen molar-refractivity contribution in [2.75, 3.05) is 20.6 Å². The predicted molar refractivity (Wildman–Crippen MR) is 122 cm³/mol. The zero-order valence-electron chi connectivity index (χ0n) is 19.3. The first kappa shape index (κ1) is 21.5. The van der Waals surface area contributed by atoms with E-state index < -0.39 is 0 Å². The van der Waals surface area contributed by atoms with E-state index in [1.807, 2.05) is 6.07 Å². The van der Waals surface area contributed by atoms with E-state index in [1.165, 1.54) is 35.3 Å². The lowest BCUT2D eigenvalue weighted by atomic mass is 9.60. The molecule has 0 fully saturated rings. The molecule has 0 saturated heterocycles. The summed E-state index contributed by atoms with van der Waals surface area (Å²) in [6.45, 7) is 12.8. The average molecular weight is 392 g/mol. The second kappa shape index (κ2) is 7.58. The van der Waals surface area contributed by atoms with Crippen LogP contribution in [0.2, 0.25) is 0 Å². The molecule has 154 valence electrons. The first-order chi connectivity index (χ1) is 13.7. The number of hydrogen-bond acceptors (Lipinski definition) is 1.